The van der Waals surface area contributed by atoms with Crippen LogP contribution in [0.5, 0.6) is 5.75 Å². The van der Waals surface area contributed by atoms with E-state index >= 15 is 0 Å². The fourth-order valence-electron chi connectivity index (χ4n) is 2.74. The van der Waals surface area contributed by atoms with Crippen LogP contribution in [0.3, 0.4) is 0 Å². The Kier molecular flexibility index (Phi) is 4.46. The van der Waals surface area contributed by atoms with Crippen molar-refractivity contribution in [1.29, 1.82) is 10.5 Å². The topological polar surface area (TPSA) is 107 Å². The van der Waals surface area contributed by atoms with Crippen LogP contribution in [0.25, 0.3) is 5.57 Å². The van der Waals surface area contributed by atoms with Gasteiger partial charge in [-0.1, -0.05) is 18.2 Å². The summed E-state index contributed by atoms with van der Waals surface area (Å²) < 4.78 is 5.08. The first-order valence-electron chi connectivity index (χ1n) is 7.60. The minimum atomic E-state index is -1.29. The van der Waals surface area contributed by atoms with Gasteiger partial charge in [-0.25, -0.2) is 9.88 Å². The van der Waals surface area contributed by atoms with Crippen molar-refractivity contribution in [3.63, 3.8) is 0 Å². The molecule has 0 spiro atoms. The summed E-state index contributed by atoms with van der Waals surface area (Å²) in [5.74, 6) is -2.18. The van der Waals surface area contributed by atoms with Crippen LogP contribution in [-0.4, -0.2) is 23.9 Å². The van der Waals surface area contributed by atoms with Crippen molar-refractivity contribution < 1.29 is 14.3 Å². The number of amides is 2. The van der Waals surface area contributed by atoms with Gasteiger partial charge in [-0.2, -0.15) is 10.5 Å². The molecule has 126 valence electrons. The van der Waals surface area contributed by atoms with E-state index in [0.29, 0.717) is 11.3 Å². The van der Waals surface area contributed by atoms with Gasteiger partial charge in [-0.05, 0) is 29.8 Å². The lowest BCUT2D eigenvalue weighted by molar-refractivity contribution is -0.125. The third kappa shape index (κ3) is 2.68. The number of aromatic nitrogens is 1. The van der Waals surface area contributed by atoms with E-state index in [1.165, 1.54) is 19.4 Å². The summed E-state index contributed by atoms with van der Waals surface area (Å²) in [7, 11) is 1.51. The highest BCUT2D eigenvalue weighted by molar-refractivity contribution is 6.31. The molecule has 2 aromatic rings. The number of carbonyl (C=O) groups excluding carboxylic acids is 2. The molecule has 0 fully saturated rings. The van der Waals surface area contributed by atoms with Crippen molar-refractivity contribution in [2.24, 2.45) is 5.92 Å². The first-order valence-corrected chi connectivity index (χ1v) is 7.60. The first kappa shape index (κ1) is 16.9. The molecule has 7 nitrogen and oxygen atoms in total. The molecule has 7 heteroatoms. The van der Waals surface area contributed by atoms with Crippen molar-refractivity contribution in [2.75, 3.05) is 12.0 Å². The molecule has 26 heavy (non-hydrogen) atoms. The summed E-state index contributed by atoms with van der Waals surface area (Å²) in [5, 5.41) is 19.1. The maximum absolute atomic E-state index is 12.8. The molecule has 1 aliphatic rings. The van der Waals surface area contributed by atoms with Crippen molar-refractivity contribution in [2.45, 2.75) is 0 Å². The van der Waals surface area contributed by atoms with Gasteiger partial charge in [0.05, 0.1) is 13.2 Å². The van der Waals surface area contributed by atoms with E-state index in [0.717, 1.165) is 4.90 Å². The Morgan fingerprint density at radius 3 is 2.38 bits per heavy atom. The zero-order valence-corrected chi connectivity index (χ0v) is 13.7. The maximum atomic E-state index is 12.8. The average molecular weight is 344 g/mol. The van der Waals surface area contributed by atoms with Crippen LogP contribution >= 0.6 is 0 Å². The number of ether oxygens (including phenoxy) is 1. The number of benzene rings is 1. The predicted molar refractivity (Wildman–Crippen MR) is 91.4 cm³/mol. The molecule has 0 saturated carbocycles. The van der Waals surface area contributed by atoms with E-state index in [4.69, 9.17) is 4.74 Å². The lowest BCUT2D eigenvalue weighted by atomic mass is 9.85. The van der Waals surface area contributed by atoms with Gasteiger partial charge in [-0.3, -0.25) is 9.59 Å². The molecule has 1 aromatic carbocycles. The SMILES string of the molecule is COc1ccc(C2=C(C#N)C(=O)N(c3ccccn3)C(=O)C2C#N)cc1. The molecular weight excluding hydrogens is 332 g/mol. The lowest BCUT2D eigenvalue weighted by Gasteiger charge is -2.28. The molecule has 1 unspecified atom stereocenters. The minimum Gasteiger partial charge on any atom is -0.497 e. The number of imide groups is 1. The fourth-order valence-corrected chi connectivity index (χ4v) is 2.74. The molecule has 2 amide bonds. The summed E-state index contributed by atoms with van der Waals surface area (Å²) in [5.41, 5.74) is 0.281. The van der Waals surface area contributed by atoms with Gasteiger partial charge in [0.25, 0.3) is 11.8 Å². The average Bonchev–Trinajstić information content (AvgIpc) is 2.68. The molecule has 1 atom stereocenters. The summed E-state index contributed by atoms with van der Waals surface area (Å²) >= 11 is 0. The highest BCUT2D eigenvalue weighted by atomic mass is 16.5. The van der Waals surface area contributed by atoms with Gasteiger partial charge in [-0.15, -0.1) is 0 Å². The molecule has 1 aromatic heterocycles. The number of hydrogen-bond acceptors (Lipinski definition) is 6. The fraction of sp³-hybridized carbons (Fsp3) is 0.105. The van der Waals surface area contributed by atoms with Crippen LogP contribution in [0.15, 0.2) is 54.2 Å². The normalized spacial score (nSPS) is 16.9. The molecule has 0 N–H and O–H groups in total. The monoisotopic (exact) mass is 344 g/mol. The maximum Gasteiger partial charge on any atom is 0.277 e. The van der Waals surface area contributed by atoms with E-state index in [1.54, 1.807) is 36.4 Å². The van der Waals surface area contributed by atoms with E-state index in [9.17, 15) is 20.1 Å². The van der Waals surface area contributed by atoms with Gasteiger partial charge in [0.2, 0.25) is 0 Å². The van der Waals surface area contributed by atoms with Crippen LogP contribution in [-0.2, 0) is 9.59 Å². The largest absolute Gasteiger partial charge is 0.497 e. The highest BCUT2D eigenvalue weighted by Crippen LogP contribution is 2.35. The Morgan fingerprint density at radius 2 is 1.85 bits per heavy atom. The highest BCUT2D eigenvalue weighted by Gasteiger charge is 2.43. The number of hydrogen-bond donors (Lipinski definition) is 0. The van der Waals surface area contributed by atoms with Gasteiger partial charge in [0, 0.05) is 11.8 Å². The van der Waals surface area contributed by atoms with Crippen molar-refractivity contribution in [3.8, 4) is 17.9 Å². The molecule has 1 aliphatic heterocycles. The standard InChI is InChI=1S/C19H12N4O3/c1-26-13-7-5-12(6-8-13)17-14(10-20)18(24)23(19(25)15(17)11-21)16-4-2-3-9-22-16/h2-9,14H,1H3. The van der Waals surface area contributed by atoms with Crippen LogP contribution in [0.4, 0.5) is 5.82 Å². The van der Waals surface area contributed by atoms with E-state index in [2.05, 4.69) is 4.98 Å². The Morgan fingerprint density at radius 1 is 1.12 bits per heavy atom. The zero-order chi connectivity index (χ0) is 18.7. The van der Waals surface area contributed by atoms with Crippen LogP contribution < -0.4 is 9.64 Å². The Labute approximate surface area is 149 Å². The quantitative estimate of drug-likeness (QED) is 0.789. The van der Waals surface area contributed by atoms with E-state index in [-0.39, 0.29) is 17.0 Å². The first-order chi connectivity index (χ1) is 12.6. The van der Waals surface area contributed by atoms with Crippen molar-refractivity contribution in [1.82, 2.24) is 4.98 Å². The molecule has 0 bridgehead atoms. The number of carbonyl (C=O) groups is 2. The number of pyridine rings is 1. The Bertz CT molecular complexity index is 982. The summed E-state index contributed by atoms with van der Waals surface area (Å²) in [4.78, 5) is 30.4. The summed E-state index contributed by atoms with van der Waals surface area (Å²) in [6.45, 7) is 0. The Hall–Kier alpha value is -3.97. The Balaban J connectivity index is 2.19. The van der Waals surface area contributed by atoms with Crippen molar-refractivity contribution in [3.05, 3.63) is 59.8 Å². The molecule has 2 heterocycles. The third-order valence-corrected chi connectivity index (χ3v) is 3.96. The number of nitriles is 2. The van der Waals surface area contributed by atoms with E-state index < -0.39 is 17.7 Å². The number of nitrogens with zero attached hydrogens (tertiary/aromatic N) is 4. The van der Waals surface area contributed by atoms with Crippen LogP contribution in [0, 0.1) is 28.6 Å². The zero-order valence-electron chi connectivity index (χ0n) is 13.7. The molecule has 0 aliphatic carbocycles. The predicted octanol–water partition coefficient (Wildman–Crippen LogP) is 2.08. The second-order valence-electron chi connectivity index (χ2n) is 5.36. The third-order valence-electron chi connectivity index (χ3n) is 3.96. The molecular formula is C19H12N4O3. The smallest absolute Gasteiger partial charge is 0.277 e. The summed E-state index contributed by atoms with van der Waals surface area (Å²) in [6, 6.07) is 14.9. The lowest BCUT2D eigenvalue weighted by Crippen LogP contribution is -2.46. The van der Waals surface area contributed by atoms with Gasteiger partial charge in [0.1, 0.15) is 23.2 Å². The van der Waals surface area contributed by atoms with Crippen molar-refractivity contribution >= 4 is 23.2 Å². The van der Waals surface area contributed by atoms with Gasteiger partial charge < -0.3 is 4.74 Å². The molecule has 0 saturated heterocycles. The van der Waals surface area contributed by atoms with Crippen LogP contribution in [0.2, 0.25) is 0 Å². The number of methoxy groups -OCH3 is 1. The number of anilines is 1. The molecule has 0 radical (unpaired) electrons. The molecule has 3 rings (SSSR count). The minimum absolute atomic E-state index is 0.0734. The van der Waals surface area contributed by atoms with Crippen LogP contribution in [0.1, 0.15) is 5.56 Å². The van der Waals surface area contributed by atoms with E-state index in [1.807, 2.05) is 12.1 Å². The van der Waals surface area contributed by atoms with Gasteiger partial charge >= 0.3 is 0 Å². The second-order valence-corrected chi connectivity index (χ2v) is 5.36. The second kappa shape index (κ2) is 6.88. The van der Waals surface area contributed by atoms with Gasteiger partial charge in [0.15, 0.2) is 5.92 Å². The summed E-state index contributed by atoms with van der Waals surface area (Å²) in [6.07, 6.45) is 1.42. The number of rotatable bonds is 3.